The first-order chi connectivity index (χ1) is 14.5. The topological polar surface area (TPSA) is 122 Å². The molecule has 4 rings (SSSR count). The molecule has 1 aromatic carbocycles. The molecule has 160 valence electrons. The highest BCUT2D eigenvalue weighted by molar-refractivity contribution is 6.24. The highest BCUT2D eigenvalue weighted by Crippen LogP contribution is 2.31. The van der Waals surface area contributed by atoms with Gasteiger partial charge in [0.05, 0.1) is 11.1 Å². The zero-order valence-corrected chi connectivity index (χ0v) is 17.0. The van der Waals surface area contributed by atoms with E-state index in [1.54, 1.807) is 12.1 Å². The summed E-state index contributed by atoms with van der Waals surface area (Å²) in [5.41, 5.74) is 7.40. The summed E-state index contributed by atoms with van der Waals surface area (Å²) in [7, 11) is 0. The number of amides is 4. The van der Waals surface area contributed by atoms with Crippen LogP contribution in [0.5, 0.6) is 0 Å². The number of hydrogen-bond donors (Lipinski definition) is 3. The van der Waals surface area contributed by atoms with Crippen LogP contribution in [-0.2, 0) is 16.1 Å². The standard InChI is InChI=1S/C22H28N4O4/c23-11-16(13-5-2-1-3-6-13)24-12-14-7-4-8-15-19(14)22(30)26(21(15)29)17-9-10-18(27)25-20(17)28/h4,7-8,13,16-17,24H,1-3,5-6,9-12,23H2,(H,25,27,28)/t16-,17?/m1/s1. The van der Waals surface area contributed by atoms with Crippen LogP contribution in [0.15, 0.2) is 18.2 Å². The quantitative estimate of drug-likeness (QED) is 0.601. The van der Waals surface area contributed by atoms with E-state index in [0.29, 0.717) is 30.1 Å². The molecule has 1 unspecified atom stereocenters. The van der Waals surface area contributed by atoms with Crippen molar-refractivity contribution in [3.05, 3.63) is 34.9 Å². The first kappa shape index (κ1) is 20.7. The van der Waals surface area contributed by atoms with Gasteiger partial charge in [-0.1, -0.05) is 31.4 Å². The van der Waals surface area contributed by atoms with Gasteiger partial charge in [0.15, 0.2) is 0 Å². The van der Waals surface area contributed by atoms with Gasteiger partial charge in [-0.25, -0.2) is 0 Å². The van der Waals surface area contributed by atoms with Crippen LogP contribution in [0.25, 0.3) is 0 Å². The lowest BCUT2D eigenvalue weighted by Crippen LogP contribution is -2.54. The third-order valence-electron chi connectivity index (χ3n) is 6.58. The van der Waals surface area contributed by atoms with Gasteiger partial charge in [0, 0.05) is 25.6 Å². The number of benzene rings is 1. The van der Waals surface area contributed by atoms with E-state index in [1.165, 1.54) is 19.3 Å². The molecular weight excluding hydrogens is 384 g/mol. The summed E-state index contributed by atoms with van der Waals surface area (Å²) in [6.07, 6.45) is 6.28. The van der Waals surface area contributed by atoms with Crippen LogP contribution in [-0.4, -0.2) is 47.2 Å². The molecule has 0 radical (unpaired) electrons. The molecule has 2 atom stereocenters. The molecule has 0 spiro atoms. The van der Waals surface area contributed by atoms with Crippen LogP contribution >= 0.6 is 0 Å². The maximum absolute atomic E-state index is 13.2. The molecule has 8 nitrogen and oxygen atoms in total. The van der Waals surface area contributed by atoms with Crippen LogP contribution in [0.1, 0.15) is 71.2 Å². The number of carbonyl (C=O) groups is 4. The van der Waals surface area contributed by atoms with Crippen molar-refractivity contribution in [1.82, 2.24) is 15.5 Å². The van der Waals surface area contributed by atoms with Gasteiger partial charge in [-0.2, -0.15) is 0 Å². The summed E-state index contributed by atoms with van der Waals surface area (Å²) >= 11 is 0. The summed E-state index contributed by atoms with van der Waals surface area (Å²) in [4.78, 5) is 50.8. The van der Waals surface area contributed by atoms with Gasteiger partial charge < -0.3 is 11.1 Å². The Morgan fingerprint density at radius 2 is 1.83 bits per heavy atom. The number of carbonyl (C=O) groups excluding carboxylic acids is 4. The second-order valence-corrected chi connectivity index (χ2v) is 8.41. The molecular formula is C22H28N4O4. The minimum atomic E-state index is -0.949. The Morgan fingerprint density at radius 1 is 1.07 bits per heavy atom. The molecule has 4 amide bonds. The Labute approximate surface area is 175 Å². The van der Waals surface area contributed by atoms with Crippen molar-refractivity contribution in [1.29, 1.82) is 0 Å². The Morgan fingerprint density at radius 3 is 2.53 bits per heavy atom. The van der Waals surface area contributed by atoms with Crippen molar-refractivity contribution in [3.8, 4) is 0 Å². The fourth-order valence-corrected chi connectivity index (χ4v) is 4.95. The molecule has 2 heterocycles. The lowest BCUT2D eigenvalue weighted by molar-refractivity contribution is -0.136. The smallest absolute Gasteiger partial charge is 0.262 e. The van der Waals surface area contributed by atoms with Gasteiger partial charge in [0.25, 0.3) is 11.8 Å². The molecule has 0 bridgehead atoms. The molecule has 4 N–H and O–H groups in total. The first-order valence-electron chi connectivity index (χ1n) is 10.8. The number of fused-ring (bicyclic) bond motifs is 1. The highest BCUT2D eigenvalue weighted by Gasteiger charge is 2.45. The zero-order valence-electron chi connectivity index (χ0n) is 17.0. The van der Waals surface area contributed by atoms with E-state index in [2.05, 4.69) is 10.6 Å². The van der Waals surface area contributed by atoms with Gasteiger partial charge in [-0.3, -0.25) is 29.4 Å². The molecule has 1 saturated heterocycles. The Kier molecular flexibility index (Phi) is 5.97. The van der Waals surface area contributed by atoms with Crippen molar-refractivity contribution < 1.29 is 19.2 Å². The lowest BCUT2D eigenvalue weighted by Gasteiger charge is -2.30. The van der Waals surface area contributed by atoms with Crippen LogP contribution in [0.3, 0.4) is 0 Å². The SMILES string of the molecule is NC[C@@H](NCc1cccc2c1C(=O)N(C1CCC(=O)NC1=O)C2=O)C1CCCCC1. The monoisotopic (exact) mass is 412 g/mol. The van der Waals surface area contributed by atoms with Gasteiger partial charge >= 0.3 is 0 Å². The first-order valence-corrected chi connectivity index (χ1v) is 10.8. The van der Waals surface area contributed by atoms with Crippen LogP contribution in [0, 0.1) is 5.92 Å². The molecule has 2 fully saturated rings. The van der Waals surface area contributed by atoms with Crippen molar-refractivity contribution in [2.24, 2.45) is 11.7 Å². The number of hydrogen-bond acceptors (Lipinski definition) is 6. The van der Waals surface area contributed by atoms with Crippen molar-refractivity contribution in [2.75, 3.05) is 6.54 Å². The van der Waals surface area contributed by atoms with E-state index < -0.39 is 23.8 Å². The molecule has 3 aliphatic rings. The number of nitrogens with two attached hydrogens (primary N) is 1. The molecule has 1 saturated carbocycles. The predicted molar refractivity (Wildman–Crippen MR) is 109 cm³/mol. The molecule has 30 heavy (non-hydrogen) atoms. The number of piperidine rings is 1. The molecule has 1 aliphatic carbocycles. The second kappa shape index (κ2) is 8.65. The van der Waals surface area contributed by atoms with E-state index in [-0.39, 0.29) is 24.8 Å². The molecule has 2 aliphatic heterocycles. The maximum atomic E-state index is 13.2. The van der Waals surface area contributed by atoms with E-state index in [0.717, 1.165) is 23.3 Å². The molecule has 0 aromatic heterocycles. The largest absolute Gasteiger partial charge is 0.329 e. The van der Waals surface area contributed by atoms with E-state index in [1.807, 2.05) is 6.07 Å². The van der Waals surface area contributed by atoms with Gasteiger partial charge in [-0.15, -0.1) is 0 Å². The summed E-state index contributed by atoms with van der Waals surface area (Å²) < 4.78 is 0. The normalized spacial score (nSPS) is 23.5. The fourth-order valence-electron chi connectivity index (χ4n) is 4.95. The Hall–Kier alpha value is -2.58. The van der Waals surface area contributed by atoms with E-state index in [9.17, 15) is 19.2 Å². The Bertz CT molecular complexity index is 878. The van der Waals surface area contributed by atoms with Crippen LogP contribution in [0.4, 0.5) is 0 Å². The van der Waals surface area contributed by atoms with Gasteiger partial charge in [0.1, 0.15) is 6.04 Å². The Balaban J connectivity index is 1.53. The molecule has 1 aromatic rings. The number of nitrogens with one attached hydrogen (secondary N) is 2. The van der Waals surface area contributed by atoms with E-state index in [4.69, 9.17) is 5.73 Å². The summed E-state index contributed by atoms with van der Waals surface area (Å²) in [6, 6.07) is 4.42. The van der Waals surface area contributed by atoms with Crippen molar-refractivity contribution in [2.45, 2.75) is 63.6 Å². The summed E-state index contributed by atoms with van der Waals surface area (Å²) in [6.45, 7) is 0.957. The number of rotatable bonds is 6. The van der Waals surface area contributed by atoms with Gasteiger partial charge in [-0.05, 0) is 36.8 Å². The highest BCUT2D eigenvalue weighted by atomic mass is 16.2. The summed E-state index contributed by atoms with van der Waals surface area (Å²) in [5.74, 6) is -1.40. The van der Waals surface area contributed by atoms with Crippen LogP contribution in [0.2, 0.25) is 0 Å². The maximum Gasteiger partial charge on any atom is 0.262 e. The predicted octanol–water partition coefficient (Wildman–Crippen LogP) is 1.08. The number of imide groups is 2. The second-order valence-electron chi connectivity index (χ2n) is 8.41. The van der Waals surface area contributed by atoms with Crippen LogP contribution < -0.4 is 16.4 Å². The minimum absolute atomic E-state index is 0.109. The third kappa shape index (κ3) is 3.77. The molecule has 8 heteroatoms. The minimum Gasteiger partial charge on any atom is -0.329 e. The number of nitrogens with zero attached hydrogens (tertiary/aromatic N) is 1. The van der Waals surface area contributed by atoms with E-state index >= 15 is 0 Å². The zero-order chi connectivity index (χ0) is 21.3. The van der Waals surface area contributed by atoms with Gasteiger partial charge in [0.2, 0.25) is 11.8 Å². The lowest BCUT2D eigenvalue weighted by atomic mass is 9.84. The average Bonchev–Trinajstić information content (AvgIpc) is 3.00. The van der Waals surface area contributed by atoms with Crippen molar-refractivity contribution in [3.63, 3.8) is 0 Å². The third-order valence-corrected chi connectivity index (χ3v) is 6.58. The van der Waals surface area contributed by atoms with Crippen molar-refractivity contribution >= 4 is 23.6 Å². The average molecular weight is 412 g/mol. The summed E-state index contributed by atoms with van der Waals surface area (Å²) in [5, 5.41) is 5.72. The fraction of sp³-hybridized carbons (Fsp3) is 0.545.